The van der Waals surface area contributed by atoms with Crippen molar-refractivity contribution in [3.63, 3.8) is 0 Å². The lowest BCUT2D eigenvalue weighted by atomic mass is 9.69. The molecule has 0 aromatic rings. The van der Waals surface area contributed by atoms with Gasteiger partial charge in [-0.2, -0.15) is 0 Å². The van der Waals surface area contributed by atoms with Crippen LogP contribution in [0.2, 0.25) is 0 Å². The Morgan fingerprint density at radius 2 is 1.52 bits per heavy atom. The Bertz CT molecular complexity index is 302. The van der Waals surface area contributed by atoms with Crippen molar-refractivity contribution in [3.05, 3.63) is 0 Å². The molecule has 0 radical (unpaired) electrons. The van der Waals surface area contributed by atoms with Crippen LogP contribution in [-0.2, 0) is 0 Å². The van der Waals surface area contributed by atoms with Gasteiger partial charge in [-0.15, -0.1) is 0 Å². The van der Waals surface area contributed by atoms with Crippen molar-refractivity contribution in [3.8, 4) is 0 Å². The van der Waals surface area contributed by atoms with Crippen molar-refractivity contribution in [2.75, 3.05) is 19.6 Å². The van der Waals surface area contributed by atoms with Crippen molar-refractivity contribution in [1.29, 1.82) is 0 Å². The molecule has 0 atom stereocenters. The molecule has 0 amide bonds. The van der Waals surface area contributed by atoms with E-state index in [1.807, 2.05) is 0 Å². The van der Waals surface area contributed by atoms with Gasteiger partial charge in [-0.3, -0.25) is 4.90 Å². The Kier molecular flexibility index (Phi) is 5.76. The van der Waals surface area contributed by atoms with E-state index in [2.05, 4.69) is 32.6 Å². The molecule has 0 bridgehead atoms. The van der Waals surface area contributed by atoms with Gasteiger partial charge in [-0.05, 0) is 68.9 Å². The molecule has 2 N–H and O–H groups in total. The van der Waals surface area contributed by atoms with Gasteiger partial charge in [0.25, 0.3) is 0 Å². The summed E-state index contributed by atoms with van der Waals surface area (Å²) in [4.78, 5) is 2.78. The van der Waals surface area contributed by atoms with Gasteiger partial charge in [0.1, 0.15) is 0 Å². The van der Waals surface area contributed by atoms with Gasteiger partial charge in [0.2, 0.25) is 0 Å². The Balaban J connectivity index is 1.97. The molecular formula is C19H38N2. The lowest BCUT2D eigenvalue weighted by Gasteiger charge is -2.52. The number of hydrogen-bond donors (Lipinski definition) is 1. The SMILES string of the molecule is CCC1(CC)CCN(C2(CN)CCC(C(C)C)CC2)CC1. The molecule has 0 aromatic carbocycles. The number of nitrogens with two attached hydrogens (primary N) is 1. The van der Waals surface area contributed by atoms with Crippen molar-refractivity contribution >= 4 is 0 Å². The average Bonchev–Trinajstić information content (AvgIpc) is 2.55. The first-order valence-corrected chi connectivity index (χ1v) is 9.46. The second-order valence-electron chi connectivity index (χ2n) is 8.20. The lowest BCUT2D eigenvalue weighted by molar-refractivity contribution is -0.0148. The molecular weight excluding hydrogens is 256 g/mol. The molecule has 2 heteroatoms. The first-order chi connectivity index (χ1) is 10.0. The maximum Gasteiger partial charge on any atom is 0.0331 e. The zero-order valence-electron chi connectivity index (χ0n) is 15.0. The summed E-state index contributed by atoms with van der Waals surface area (Å²) in [5, 5.41) is 0. The minimum absolute atomic E-state index is 0.332. The molecule has 2 fully saturated rings. The van der Waals surface area contributed by atoms with E-state index < -0.39 is 0 Å². The normalized spacial score (nSPS) is 34.3. The lowest BCUT2D eigenvalue weighted by Crippen LogP contribution is -2.59. The summed E-state index contributed by atoms with van der Waals surface area (Å²) in [7, 11) is 0. The molecule has 21 heavy (non-hydrogen) atoms. The first kappa shape index (κ1) is 17.3. The molecule has 0 spiro atoms. The second-order valence-corrected chi connectivity index (χ2v) is 8.20. The van der Waals surface area contributed by atoms with Crippen LogP contribution in [0, 0.1) is 17.3 Å². The molecule has 0 unspecified atom stereocenters. The van der Waals surface area contributed by atoms with Gasteiger partial charge in [0, 0.05) is 12.1 Å². The van der Waals surface area contributed by atoms with Crippen LogP contribution in [0.5, 0.6) is 0 Å². The van der Waals surface area contributed by atoms with E-state index in [0.29, 0.717) is 11.0 Å². The third-order valence-electron chi connectivity index (χ3n) is 7.28. The summed E-state index contributed by atoms with van der Waals surface area (Å²) in [6, 6.07) is 0. The second kappa shape index (κ2) is 7.00. The summed E-state index contributed by atoms with van der Waals surface area (Å²) in [5.41, 5.74) is 7.24. The Morgan fingerprint density at radius 3 is 1.90 bits per heavy atom. The largest absolute Gasteiger partial charge is 0.329 e. The quantitative estimate of drug-likeness (QED) is 0.812. The van der Waals surface area contributed by atoms with Crippen molar-refractivity contribution < 1.29 is 0 Å². The zero-order chi connectivity index (χ0) is 15.5. The molecule has 1 aliphatic heterocycles. The summed E-state index contributed by atoms with van der Waals surface area (Å²) >= 11 is 0. The third kappa shape index (κ3) is 3.47. The number of likely N-dealkylation sites (tertiary alicyclic amines) is 1. The monoisotopic (exact) mass is 294 g/mol. The highest BCUT2D eigenvalue weighted by molar-refractivity contribution is 4.99. The summed E-state index contributed by atoms with van der Waals surface area (Å²) in [6.07, 6.45) is 10.9. The predicted molar refractivity (Wildman–Crippen MR) is 92.4 cm³/mol. The Labute approximate surface area is 132 Å². The molecule has 124 valence electrons. The van der Waals surface area contributed by atoms with E-state index in [9.17, 15) is 0 Å². The van der Waals surface area contributed by atoms with Crippen LogP contribution in [0.4, 0.5) is 0 Å². The zero-order valence-corrected chi connectivity index (χ0v) is 15.0. The summed E-state index contributed by atoms with van der Waals surface area (Å²) in [6.45, 7) is 13.0. The molecule has 1 saturated heterocycles. The van der Waals surface area contributed by atoms with Gasteiger partial charge in [-0.1, -0.05) is 40.5 Å². The van der Waals surface area contributed by atoms with Crippen molar-refractivity contribution in [2.45, 2.75) is 84.6 Å². The fourth-order valence-electron chi connectivity index (χ4n) is 4.91. The number of hydrogen-bond acceptors (Lipinski definition) is 2. The van der Waals surface area contributed by atoms with Crippen LogP contribution in [0.25, 0.3) is 0 Å². The van der Waals surface area contributed by atoms with Crippen LogP contribution >= 0.6 is 0 Å². The average molecular weight is 295 g/mol. The van der Waals surface area contributed by atoms with Gasteiger partial charge in [0.05, 0.1) is 0 Å². The van der Waals surface area contributed by atoms with Crippen LogP contribution < -0.4 is 5.73 Å². The molecule has 1 heterocycles. The molecule has 2 rings (SSSR count). The van der Waals surface area contributed by atoms with Crippen LogP contribution in [0.1, 0.15) is 79.1 Å². The maximum atomic E-state index is 6.28. The van der Waals surface area contributed by atoms with E-state index in [1.54, 1.807) is 0 Å². The maximum absolute atomic E-state index is 6.28. The summed E-state index contributed by atoms with van der Waals surface area (Å²) < 4.78 is 0. The smallest absolute Gasteiger partial charge is 0.0331 e. The van der Waals surface area contributed by atoms with Crippen LogP contribution in [-0.4, -0.2) is 30.1 Å². The number of rotatable bonds is 5. The topological polar surface area (TPSA) is 29.3 Å². The first-order valence-electron chi connectivity index (χ1n) is 9.46. The standard InChI is InChI=1S/C19H38N2/c1-5-18(6-2)11-13-21(14-12-18)19(15-20)9-7-17(8-10-19)16(3)4/h16-17H,5-15,20H2,1-4H3. The fourth-order valence-corrected chi connectivity index (χ4v) is 4.91. The third-order valence-corrected chi connectivity index (χ3v) is 7.28. The summed E-state index contributed by atoms with van der Waals surface area (Å²) in [5.74, 6) is 1.77. The van der Waals surface area contributed by atoms with Crippen molar-refractivity contribution in [2.24, 2.45) is 23.0 Å². The van der Waals surface area contributed by atoms with E-state index in [1.165, 1.54) is 64.5 Å². The number of piperidine rings is 1. The predicted octanol–water partition coefficient (Wildman–Crippen LogP) is 4.43. The van der Waals surface area contributed by atoms with Crippen LogP contribution in [0.3, 0.4) is 0 Å². The Hall–Kier alpha value is -0.0800. The molecule has 1 saturated carbocycles. The molecule has 2 aliphatic rings. The van der Waals surface area contributed by atoms with E-state index >= 15 is 0 Å². The highest BCUT2D eigenvalue weighted by Crippen LogP contribution is 2.44. The molecule has 2 nitrogen and oxygen atoms in total. The van der Waals surface area contributed by atoms with Gasteiger partial charge >= 0.3 is 0 Å². The van der Waals surface area contributed by atoms with Gasteiger partial charge in [-0.25, -0.2) is 0 Å². The minimum Gasteiger partial charge on any atom is -0.329 e. The molecule has 0 aromatic heterocycles. The minimum atomic E-state index is 0.332. The van der Waals surface area contributed by atoms with Gasteiger partial charge in [0.15, 0.2) is 0 Å². The fraction of sp³-hybridized carbons (Fsp3) is 1.00. The molecule has 1 aliphatic carbocycles. The highest BCUT2D eigenvalue weighted by Gasteiger charge is 2.43. The van der Waals surface area contributed by atoms with E-state index in [0.717, 1.165) is 18.4 Å². The van der Waals surface area contributed by atoms with E-state index in [4.69, 9.17) is 5.73 Å². The van der Waals surface area contributed by atoms with Crippen molar-refractivity contribution in [1.82, 2.24) is 4.90 Å². The van der Waals surface area contributed by atoms with Crippen LogP contribution in [0.15, 0.2) is 0 Å². The van der Waals surface area contributed by atoms with E-state index in [-0.39, 0.29) is 0 Å². The number of nitrogens with zero attached hydrogens (tertiary/aromatic N) is 1. The van der Waals surface area contributed by atoms with Gasteiger partial charge < -0.3 is 5.73 Å². The Morgan fingerprint density at radius 1 is 1.00 bits per heavy atom. The highest BCUT2D eigenvalue weighted by atomic mass is 15.2.